The summed E-state index contributed by atoms with van der Waals surface area (Å²) in [4.78, 5) is 14.3. The number of hydrogen-bond donors (Lipinski definition) is 1. The van der Waals surface area contributed by atoms with Crippen molar-refractivity contribution in [1.29, 1.82) is 0 Å². The normalized spacial score (nSPS) is 11.5. The molecule has 2 rings (SSSR count). The minimum Gasteiger partial charge on any atom is -0.385 e. The molecule has 3 nitrogen and oxygen atoms in total. The second-order valence-electron chi connectivity index (χ2n) is 6.36. The van der Waals surface area contributed by atoms with Gasteiger partial charge in [-0.05, 0) is 37.6 Å². The predicted octanol–water partition coefficient (Wildman–Crippen LogP) is 4.94. The molecule has 26 heavy (non-hydrogen) atoms. The Labute approximate surface area is 151 Å². The van der Waals surface area contributed by atoms with Crippen molar-refractivity contribution in [3.05, 3.63) is 65.7 Å². The zero-order valence-corrected chi connectivity index (χ0v) is 14.9. The van der Waals surface area contributed by atoms with Crippen molar-refractivity contribution >= 4 is 11.6 Å². The van der Waals surface area contributed by atoms with E-state index < -0.39 is 11.7 Å². The Morgan fingerprint density at radius 1 is 1.08 bits per heavy atom. The van der Waals surface area contributed by atoms with Crippen molar-refractivity contribution in [1.82, 2.24) is 4.90 Å². The van der Waals surface area contributed by atoms with Crippen LogP contribution in [0.5, 0.6) is 0 Å². The number of anilines is 1. The average Bonchev–Trinajstić information content (AvgIpc) is 2.60. The van der Waals surface area contributed by atoms with Crippen LogP contribution in [0.3, 0.4) is 0 Å². The second kappa shape index (κ2) is 8.74. The summed E-state index contributed by atoms with van der Waals surface area (Å²) >= 11 is 0. The maximum absolute atomic E-state index is 12.7. The number of carbonyl (C=O) groups is 1. The fourth-order valence-electron chi connectivity index (χ4n) is 2.60. The van der Waals surface area contributed by atoms with Crippen LogP contribution in [-0.2, 0) is 17.5 Å². The lowest BCUT2D eigenvalue weighted by atomic mass is 10.1. The first-order chi connectivity index (χ1) is 12.3. The Balaban J connectivity index is 1.92. The smallest absolute Gasteiger partial charge is 0.385 e. The molecule has 1 N–H and O–H groups in total. The summed E-state index contributed by atoms with van der Waals surface area (Å²) in [5.74, 6) is -0.0386. The lowest BCUT2D eigenvalue weighted by Crippen LogP contribution is -2.37. The summed E-state index contributed by atoms with van der Waals surface area (Å²) in [5, 5.41) is 2.90. The molecule has 0 aliphatic rings. The molecular weight excluding hydrogens is 341 g/mol. The SMILES string of the molecule is CC(C)N(Cc1ccccc1)C(=O)CCNc1cccc(C(F)(F)F)c1. The van der Waals surface area contributed by atoms with E-state index in [0.717, 1.165) is 17.7 Å². The molecule has 0 aliphatic heterocycles. The lowest BCUT2D eigenvalue weighted by Gasteiger charge is -2.27. The summed E-state index contributed by atoms with van der Waals surface area (Å²) in [6, 6.07) is 14.7. The van der Waals surface area contributed by atoms with Crippen LogP contribution < -0.4 is 5.32 Å². The number of hydrogen-bond acceptors (Lipinski definition) is 2. The van der Waals surface area contributed by atoms with Crippen molar-refractivity contribution in [3.63, 3.8) is 0 Å². The molecule has 0 atom stereocenters. The molecule has 1 amide bonds. The first-order valence-electron chi connectivity index (χ1n) is 8.52. The fraction of sp³-hybridized carbons (Fsp3) is 0.350. The van der Waals surface area contributed by atoms with Crippen molar-refractivity contribution in [2.75, 3.05) is 11.9 Å². The molecular formula is C20H23F3N2O. The summed E-state index contributed by atoms with van der Waals surface area (Å²) in [6.07, 6.45) is -4.17. The summed E-state index contributed by atoms with van der Waals surface area (Å²) in [5.41, 5.74) is 0.689. The van der Waals surface area contributed by atoms with Gasteiger partial charge in [-0.15, -0.1) is 0 Å². The van der Waals surface area contributed by atoms with Gasteiger partial charge >= 0.3 is 6.18 Å². The molecule has 0 saturated heterocycles. The first-order valence-corrected chi connectivity index (χ1v) is 8.52. The van der Waals surface area contributed by atoms with E-state index in [1.807, 2.05) is 44.2 Å². The highest BCUT2D eigenvalue weighted by Crippen LogP contribution is 2.30. The zero-order valence-electron chi connectivity index (χ0n) is 14.9. The number of halogens is 3. The van der Waals surface area contributed by atoms with Crippen LogP contribution >= 0.6 is 0 Å². The van der Waals surface area contributed by atoms with Crippen LogP contribution in [0.1, 0.15) is 31.4 Å². The van der Waals surface area contributed by atoms with E-state index in [4.69, 9.17) is 0 Å². The van der Waals surface area contributed by atoms with E-state index in [0.29, 0.717) is 12.2 Å². The van der Waals surface area contributed by atoms with Gasteiger partial charge in [0.25, 0.3) is 0 Å². The average molecular weight is 364 g/mol. The highest BCUT2D eigenvalue weighted by atomic mass is 19.4. The lowest BCUT2D eigenvalue weighted by molar-refractivity contribution is -0.137. The van der Waals surface area contributed by atoms with Gasteiger partial charge in [0.05, 0.1) is 5.56 Å². The summed E-state index contributed by atoms with van der Waals surface area (Å²) < 4.78 is 38.2. The predicted molar refractivity (Wildman–Crippen MR) is 96.7 cm³/mol. The van der Waals surface area contributed by atoms with Crippen LogP contribution in [0.2, 0.25) is 0 Å². The third-order valence-electron chi connectivity index (χ3n) is 4.00. The number of nitrogens with one attached hydrogen (secondary N) is 1. The maximum Gasteiger partial charge on any atom is 0.416 e. The quantitative estimate of drug-likeness (QED) is 0.754. The van der Waals surface area contributed by atoms with Gasteiger partial charge in [-0.3, -0.25) is 4.79 Å². The van der Waals surface area contributed by atoms with Crippen molar-refractivity contribution in [3.8, 4) is 0 Å². The van der Waals surface area contributed by atoms with Crippen molar-refractivity contribution < 1.29 is 18.0 Å². The van der Waals surface area contributed by atoms with E-state index in [2.05, 4.69) is 5.32 Å². The van der Waals surface area contributed by atoms with Gasteiger partial charge in [-0.25, -0.2) is 0 Å². The largest absolute Gasteiger partial charge is 0.416 e. The Morgan fingerprint density at radius 3 is 2.38 bits per heavy atom. The maximum atomic E-state index is 12.7. The van der Waals surface area contributed by atoms with Gasteiger partial charge in [0.2, 0.25) is 5.91 Å². The van der Waals surface area contributed by atoms with Crippen LogP contribution in [0.25, 0.3) is 0 Å². The molecule has 0 saturated carbocycles. The molecule has 0 spiro atoms. The van der Waals surface area contributed by atoms with Gasteiger partial charge in [-0.2, -0.15) is 13.2 Å². The highest BCUT2D eigenvalue weighted by Gasteiger charge is 2.30. The van der Waals surface area contributed by atoms with Gasteiger partial charge in [0.1, 0.15) is 0 Å². The topological polar surface area (TPSA) is 32.3 Å². The number of rotatable bonds is 7. The molecule has 2 aromatic rings. The molecule has 0 heterocycles. The van der Waals surface area contributed by atoms with Crippen LogP contribution in [0, 0.1) is 0 Å². The zero-order chi connectivity index (χ0) is 19.2. The molecule has 0 aromatic heterocycles. The molecule has 0 unspecified atom stereocenters. The van der Waals surface area contributed by atoms with E-state index in [1.54, 1.807) is 11.0 Å². The minimum absolute atomic E-state index is 0.0382. The molecule has 6 heteroatoms. The molecule has 0 radical (unpaired) electrons. The van der Waals surface area contributed by atoms with Crippen LogP contribution in [0.15, 0.2) is 54.6 Å². The Bertz CT molecular complexity index is 714. The van der Waals surface area contributed by atoms with E-state index in [-0.39, 0.29) is 24.9 Å². The highest BCUT2D eigenvalue weighted by molar-refractivity contribution is 5.77. The first kappa shape index (κ1) is 19.8. The Kier molecular flexibility index (Phi) is 6.66. The van der Waals surface area contributed by atoms with Gasteiger partial charge in [0, 0.05) is 31.2 Å². The third-order valence-corrected chi connectivity index (χ3v) is 4.00. The molecule has 0 aliphatic carbocycles. The van der Waals surface area contributed by atoms with E-state index >= 15 is 0 Å². The number of carbonyl (C=O) groups excluding carboxylic acids is 1. The summed E-state index contributed by atoms with van der Waals surface area (Å²) in [6.45, 7) is 4.68. The van der Waals surface area contributed by atoms with Gasteiger partial charge in [0.15, 0.2) is 0 Å². The fourth-order valence-corrected chi connectivity index (χ4v) is 2.60. The van der Waals surface area contributed by atoms with Crippen LogP contribution in [-0.4, -0.2) is 23.4 Å². The van der Waals surface area contributed by atoms with Crippen molar-refractivity contribution in [2.45, 2.75) is 39.0 Å². The Hall–Kier alpha value is -2.50. The van der Waals surface area contributed by atoms with E-state index in [9.17, 15) is 18.0 Å². The molecule has 140 valence electrons. The molecule has 2 aromatic carbocycles. The Morgan fingerprint density at radius 2 is 1.77 bits per heavy atom. The standard InChI is InChI=1S/C20H23F3N2O/c1-15(2)25(14-16-7-4-3-5-8-16)19(26)11-12-24-18-10-6-9-17(13-18)20(21,22)23/h3-10,13,15,24H,11-12,14H2,1-2H3. The van der Waals surface area contributed by atoms with E-state index in [1.165, 1.54) is 6.07 Å². The van der Waals surface area contributed by atoms with Crippen molar-refractivity contribution in [2.24, 2.45) is 0 Å². The number of amides is 1. The monoisotopic (exact) mass is 364 g/mol. The summed E-state index contributed by atoms with van der Waals surface area (Å²) in [7, 11) is 0. The molecule has 0 bridgehead atoms. The second-order valence-corrected chi connectivity index (χ2v) is 6.36. The number of alkyl halides is 3. The van der Waals surface area contributed by atoms with Crippen LogP contribution in [0.4, 0.5) is 18.9 Å². The van der Waals surface area contributed by atoms with Gasteiger partial charge in [-0.1, -0.05) is 36.4 Å². The third kappa shape index (κ3) is 5.79. The number of benzene rings is 2. The number of nitrogens with zero attached hydrogens (tertiary/aromatic N) is 1. The minimum atomic E-state index is -4.38. The van der Waals surface area contributed by atoms with Gasteiger partial charge < -0.3 is 10.2 Å². The molecule has 0 fully saturated rings.